The van der Waals surface area contributed by atoms with Gasteiger partial charge in [-0.15, -0.1) is 24.0 Å². The van der Waals surface area contributed by atoms with Crippen LogP contribution in [0.5, 0.6) is 0 Å². The molecular formula is C18H35IN6O2. The second-order valence-electron chi connectivity index (χ2n) is 7.63. The monoisotopic (exact) mass is 494 g/mol. The molecule has 0 spiro atoms. The van der Waals surface area contributed by atoms with E-state index in [1.54, 1.807) is 9.80 Å². The van der Waals surface area contributed by atoms with Gasteiger partial charge in [-0.3, -0.25) is 9.79 Å². The first-order chi connectivity index (χ1) is 12.4. The fourth-order valence-corrected chi connectivity index (χ4v) is 3.95. The van der Waals surface area contributed by atoms with Crippen molar-refractivity contribution in [2.45, 2.75) is 51.5 Å². The number of aliphatic imine (C=N–C) groups is 1. The number of piperidine rings is 1. The smallest absolute Gasteiger partial charge is 0.314 e. The van der Waals surface area contributed by atoms with Crippen molar-refractivity contribution < 1.29 is 9.59 Å². The summed E-state index contributed by atoms with van der Waals surface area (Å²) in [5.41, 5.74) is 4.98. The lowest BCUT2D eigenvalue weighted by Gasteiger charge is -2.32. The molecule has 0 aromatic heterocycles. The Balaban J connectivity index is 0.00000364. The lowest BCUT2D eigenvalue weighted by atomic mass is 9.85. The molecule has 9 heteroatoms. The summed E-state index contributed by atoms with van der Waals surface area (Å²) in [7, 11) is 3.64. The van der Waals surface area contributed by atoms with Crippen LogP contribution < -0.4 is 16.4 Å². The number of nitrogens with two attached hydrogens (primary N) is 1. The van der Waals surface area contributed by atoms with Gasteiger partial charge in [0.05, 0.1) is 12.0 Å². The maximum atomic E-state index is 12.7. The fraction of sp³-hybridized carbons (Fsp3) is 0.833. The Morgan fingerprint density at radius 2 is 1.81 bits per heavy atom. The number of carbonyl (C=O) groups is 2. The maximum absolute atomic E-state index is 12.7. The molecule has 0 radical (unpaired) electrons. The minimum Gasteiger partial charge on any atom is -0.357 e. The molecule has 1 aliphatic carbocycles. The van der Waals surface area contributed by atoms with E-state index in [-0.39, 0.29) is 47.4 Å². The number of primary amides is 1. The molecule has 0 bridgehead atoms. The van der Waals surface area contributed by atoms with Crippen molar-refractivity contribution in [3.8, 4) is 0 Å². The van der Waals surface area contributed by atoms with E-state index in [1.807, 2.05) is 21.0 Å². The molecule has 2 rings (SSSR count). The predicted molar refractivity (Wildman–Crippen MR) is 118 cm³/mol. The zero-order chi connectivity index (χ0) is 19.2. The summed E-state index contributed by atoms with van der Waals surface area (Å²) in [6, 6.07) is -0.0955. The number of guanidine groups is 1. The van der Waals surface area contributed by atoms with E-state index in [4.69, 9.17) is 10.7 Å². The van der Waals surface area contributed by atoms with Gasteiger partial charge >= 0.3 is 6.03 Å². The van der Waals surface area contributed by atoms with E-state index in [2.05, 4.69) is 10.6 Å². The van der Waals surface area contributed by atoms with E-state index in [0.717, 1.165) is 51.0 Å². The van der Waals surface area contributed by atoms with Crippen LogP contribution in [0.3, 0.4) is 0 Å². The van der Waals surface area contributed by atoms with Crippen LogP contribution in [-0.4, -0.2) is 74.0 Å². The Morgan fingerprint density at radius 3 is 2.30 bits per heavy atom. The molecule has 0 aromatic carbocycles. The van der Waals surface area contributed by atoms with Crippen LogP contribution >= 0.6 is 24.0 Å². The molecule has 2 aliphatic rings. The number of nitrogens with zero attached hydrogens (tertiary/aromatic N) is 3. The summed E-state index contributed by atoms with van der Waals surface area (Å²) in [6.45, 7) is 4.63. The van der Waals surface area contributed by atoms with Crippen molar-refractivity contribution >= 4 is 41.9 Å². The molecule has 8 nitrogen and oxygen atoms in total. The minimum atomic E-state index is -0.360. The molecule has 1 aliphatic heterocycles. The van der Waals surface area contributed by atoms with E-state index in [9.17, 15) is 9.59 Å². The van der Waals surface area contributed by atoms with Gasteiger partial charge < -0.3 is 26.2 Å². The number of urea groups is 1. The lowest BCUT2D eigenvalue weighted by Crippen LogP contribution is -2.51. The van der Waals surface area contributed by atoms with Gasteiger partial charge in [0.15, 0.2) is 5.96 Å². The number of nitrogens with one attached hydrogen (secondary N) is 2. The standard InChI is InChI=1S/C18H34N6O2.HI/c1-4-20-17(22-14-7-11-24(12-8-14)16(19)26)21-13-18(9-5-6-10-18)15(25)23(2)3;/h14H,4-13H2,1-3H3,(H2,19,26)(H2,20,21,22);1H. The Bertz CT molecular complexity index is 526. The number of hydrogen-bond donors (Lipinski definition) is 3. The third-order valence-electron chi connectivity index (χ3n) is 5.45. The highest BCUT2D eigenvalue weighted by Crippen LogP contribution is 2.39. The molecule has 0 aromatic rings. The van der Waals surface area contributed by atoms with Crippen molar-refractivity contribution in [3.63, 3.8) is 0 Å². The van der Waals surface area contributed by atoms with Crippen molar-refractivity contribution in [1.29, 1.82) is 0 Å². The van der Waals surface area contributed by atoms with Crippen LogP contribution in [0.25, 0.3) is 0 Å². The van der Waals surface area contributed by atoms with Crippen molar-refractivity contribution in [2.24, 2.45) is 16.1 Å². The quantitative estimate of drug-likeness (QED) is 0.305. The van der Waals surface area contributed by atoms with Crippen LogP contribution in [0.2, 0.25) is 0 Å². The highest BCUT2D eigenvalue weighted by molar-refractivity contribution is 14.0. The Hall–Kier alpha value is -1.26. The largest absolute Gasteiger partial charge is 0.357 e. The lowest BCUT2D eigenvalue weighted by molar-refractivity contribution is -0.138. The second-order valence-corrected chi connectivity index (χ2v) is 7.63. The molecular weight excluding hydrogens is 459 g/mol. The maximum Gasteiger partial charge on any atom is 0.314 e. The molecule has 0 unspecified atom stereocenters. The minimum absolute atomic E-state index is 0. The SMILES string of the molecule is CCNC(=NCC1(C(=O)N(C)C)CCCC1)NC1CCN(C(N)=O)CC1.I. The summed E-state index contributed by atoms with van der Waals surface area (Å²) in [5.74, 6) is 0.937. The molecule has 1 saturated heterocycles. The van der Waals surface area contributed by atoms with Crippen LogP contribution in [0.15, 0.2) is 4.99 Å². The summed E-state index contributed by atoms with van der Waals surface area (Å²) < 4.78 is 0. The summed E-state index contributed by atoms with van der Waals surface area (Å²) in [4.78, 5) is 32.1. The summed E-state index contributed by atoms with van der Waals surface area (Å²) >= 11 is 0. The van der Waals surface area contributed by atoms with Crippen LogP contribution in [0.4, 0.5) is 4.79 Å². The highest BCUT2D eigenvalue weighted by atomic mass is 127. The topological polar surface area (TPSA) is 103 Å². The number of rotatable bonds is 5. The Labute approximate surface area is 179 Å². The molecule has 2 fully saturated rings. The van der Waals surface area contributed by atoms with Gasteiger partial charge in [-0.05, 0) is 32.6 Å². The predicted octanol–water partition coefficient (Wildman–Crippen LogP) is 1.35. The molecule has 0 atom stereocenters. The first kappa shape index (κ1) is 23.8. The number of amides is 3. The summed E-state index contributed by atoms with van der Waals surface area (Å²) in [5, 5.41) is 6.74. The molecule has 4 N–H and O–H groups in total. The number of carbonyl (C=O) groups excluding carboxylic acids is 2. The number of likely N-dealkylation sites (tertiary alicyclic amines) is 1. The zero-order valence-corrected chi connectivity index (χ0v) is 19.1. The van der Waals surface area contributed by atoms with Gasteiger partial charge in [-0.25, -0.2) is 4.79 Å². The fourth-order valence-electron chi connectivity index (χ4n) is 3.95. The van der Waals surface area contributed by atoms with Crippen LogP contribution in [0.1, 0.15) is 45.4 Å². The normalized spacial score (nSPS) is 20.0. The summed E-state index contributed by atoms with van der Waals surface area (Å²) in [6.07, 6.45) is 5.67. The van der Waals surface area contributed by atoms with E-state index in [1.165, 1.54) is 0 Å². The highest BCUT2D eigenvalue weighted by Gasteiger charge is 2.42. The molecule has 27 heavy (non-hydrogen) atoms. The van der Waals surface area contributed by atoms with Gasteiger partial charge in [0.25, 0.3) is 0 Å². The van der Waals surface area contributed by atoms with Crippen LogP contribution in [0, 0.1) is 5.41 Å². The Kier molecular flexibility index (Phi) is 9.61. The Morgan fingerprint density at radius 1 is 1.22 bits per heavy atom. The van der Waals surface area contributed by atoms with Crippen molar-refractivity contribution in [2.75, 3.05) is 40.3 Å². The molecule has 3 amide bonds. The van der Waals surface area contributed by atoms with Crippen molar-refractivity contribution in [1.82, 2.24) is 20.4 Å². The van der Waals surface area contributed by atoms with E-state index < -0.39 is 0 Å². The van der Waals surface area contributed by atoms with Crippen LogP contribution in [-0.2, 0) is 4.79 Å². The van der Waals surface area contributed by atoms with Gasteiger partial charge in [0.1, 0.15) is 0 Å². The van der Waals surface area contributed by atoms with E-state index >= 15 is 0 Å². The molecule has 1 heterocycles. The van der Waals surface area contributed by atoms with Crippen molar-refractivity contribution in [3.05, 3.63) is 0 Å². The number of halogens is 1. The van der Waals surface area contributed by atoms with Gasteiger partial charge in [-0.2, -0.15) is 0 Å². The number of hydrogen-bond acceptors (Lipinski definition) is 3. The molecule has 156 valence electrons. The first-order valence-corrected chi connectivity index (χ1v) is 9.69. The third kappa shape index (κ3) is 6.39. The third-order valence-corrected chi connectivity index (χ3v) is 5.45. The van der Waals surface area contributed by atoms with Gasteiger partial charge in [-0.1, -0.05) is 12.8 Å². The second kappa shape index (κ2) is 10.9. The van der Waals surface area contributed by atoms with Gasteiger partial charge in [0.2, 0.25) is 5.91 Å². The van der Waals surface area contributed by atoms with E-state index in [0.29, 0.717) is 19.6 Å². The first-order valence-electron chi connectivity index (χ1n) is 9.69. The van der Waals surface area contributed by atoms with Gasteiger partial charge in [0, 0.05) is 39.8 Å². The zero-order valence-electron chi connectivity index (χ0n) is 16.8. The molecule has 1 saturated carbocycles. The average Bonchev–Trinajstić information content (AvgIpc) is 3.09. The average molecular weight is 494 g/mol.